The first-order valence-electron chi connectivity index (χ1n) is 7.98. The standard InChI is InChI=1S/C17H16FN7/c18-14-8-21-17(22-9-14)20-7-12-10-25(11-12)16-2-1-15(23-24-16)13-3-5-19-6-4-13/h1-6,8-9,12H,7,10-11H2,(H,20,21,22). The summed E-state index contributed by atoms with van der Waals surface area (Å²) in [5, 5.41) is 11.7. The number of hydrogen-bond donors (Lipinski definition) is 1. The Morgan fingerprint density at radius 1 is 1.04 bits per heavy atom. The number of anilines is 2. The Balaban J connectivity index is 1.29. The number of rotatable bonds is 5. The summed E-state index contributed by atoms with van der Waals surface area (Å²) in [6.07, 6.45) is 5.79. The van der Waals surface area contributed by atoms with Gasteiger partial charge in [-0.15, -0.1) is 10.2 Å². The molecule has 7 nitrogen and oxygen atoms in total. The van der Waals surface area contributed by atoms with Crippen LogP contribution in [0.25, 0.3) is 11.3 Å². The molecule has 0 aliphatic carbocycles. The minimum Gasteiger partial charge on any atom is -0.354 e. The van der Waals surface area contributed by atoms with Crippen LogP contribution in [0.5, 0.6) is 0 Å². The van der Waals surface area contributed by atoms with Crippen molar-refractivity contribution in [1.82, 2.24) is 25.1 Å². The Morgan fingerprint density at radius 3 is 2.48 bits per heavy atom. The van der Waals surface area contributed by atoms with E-state index in [-0.39, 0.29) is 0 Å². The van der Waals surface area contributed by atoms with Gasteiger partial charge in [-0.2, -0.15) is 0 Å². The molecule has 1 aliphatic heterocycles. The normalized spacial score (nSPS) is 14.2. The maximum atomic E-state index is 12.8. The molecular weight excluding hydrogens is 321 g/mol. The van der Waals surface area contributed by atoms with E-state index in [9.17, 15) is 4.39 Å². The molecular formula is C17H16FN7. The molecule has 0 bridgehead atoms. The van der Waals surface area contributed by atoms with Crippen molar-refractivity contribution in [3.8, 4) is 11.3 Å². The van der Waals surface area contributed by atoms with Crippen molar-refractivity contribution in [1.29, 1.82) is 0 Å². The molecule has 1 saturated heterocycles. The highest BCUT2D eigenvalue weighted by Crippen LogP contribution is 2.24. The first-order valence-corrected chi connectivity index (χ1v) is 7.98. The minimum atomic E-state index is -0.436. The molecule has 0 radical (unpaired) electrons. The molecule has 126 valence electrons. The number of hydrogen-bond acceptors (Lipinski definition) is 7. The largest absolute Gasteiger partial charge is 0.354 e. The van der Waals surface area contributed by atoms with Crippen LogP contribution in [0.1, 0.15) is 0 Å². The highest BCUT2D eigenvalue weighted by atomic mass is 19.1. The van der Waals surface area contributed by atoms with Crippen LogP contribution in [-0.2, 0) is 0 Å². The van der Waals surface area contributed by atoms with Crippen molar-refractivity contribution in [3.05, 3.63) is 54.9 Å². The predicted octanol–water partition coefficient (Wildman–Crippen LogP) is 2.02. The second-order valence-corrected chi connectivity index (χ2v) is 5.89. The SMILES string of the molecule is Fc1cnc(NCC2CN(c3ccc(-c4ccncc4)nn3)C2)nc1. The number of aromatic nitrogens is 5. The van der Waals surface area contributed by atoms with Gasteiger partial charge in [-0.3, -0.25) is 4.98 Å². The van der Waals surface area contributed by atoms with Crippen LogP contribution in [0.15, 0.2) is 49.1 Å². The van der Waals surface area contributed by atoms with Crippen LogP contribution in [0, 0.1) is 11.7 Å². The Kier molecular flexibility index (Phi) is 4.16. The van der Waals surface area contributed by atoms with Gasteiger partial charge in [0.25, 0.3) is 0 Å². The van der Waals surface area contributed by atoms with Gasteiger partial charge in [0.2, 0.25) is 5.95 Å². The number of halogens is 1. The Morgan fingerprint density at radius 2 is 1.80 bits per heavy atom. The predicted molar refractivity (Wildman–Crippen MR) is 91.4 cm³/mol. The second kappa shape index (κ2) is 6.76. The molecule has 1 fully saturated rings. The summed E-state index contributed by atoms with van der Waals surface area (Å²) in [6.45, 7) is 2.51. The van der Waals surface area contributed by atoms with Crippen LogP contribution >= 0.6 is 0 Å². The van der Waals surface area contributed by atoms with E-state index in [1.165, 1.54) is 0 Å². The van der Waals surface area contributed by atoms with E-state index in [0.717, 1.165) is 49.1 Å². The highest BCUT2D eigenvalue weighted by molar-refractivity contribution is 5.59. The summed E-state index contributed by atoms with van der Waals surface area (Å²) in [5.74, 6) is 1.35. The quantitative estimate of drug-likeness (QED) is 0.763. The van der Waals surface area contributed by atoms with Gasteiger partial charge in [-0.1, -0.05) is 0 Å². The fourth-order valence-electron chi connectivity index (χ4n) is 2.70. The number of nitrogens with zero attached hydrogens (tertiary/aromatic N) is 6. The van der Waals surface area contributed by atoms with Crippen LogP contribution in [0.3, 0.4) is 0 Å². The molecule has 0 unspecified atom stereocenters. The molecule has 0 atom stereocenters. The monoisotopic (exact) mass is 337 g/mol. The lowest BCUT2D eigenvalue weighted by molar-refractivity contribution is 0.424. The van der Waals surface area contributed by atoms with Crippen molar-refractivity contribution < 1.29 is 4.39 Å². The molecule has 0 saturated carbocycles. The van der Waals surface area contributed by atoms with E-state index in [2.05, 4.69) is 35.4 Å². The number of pyridine rings is 1. The molecule has 8 heteroatoms. The van der Waals surface area contributed by atoms with Crippen molar-refractivity contribution in [2.75, 3.05) is 29.9 Å². The molecule has 25 heavy (non-hydrogen) atoms. The molecule has 1 N–H and O–H groups in total. The third-order valence-electron chi connectivity index (χ3n) is 4.08. The van der Waals surface area contributed by atoms with Gasteiger partial charge < -0.3 is 10.2 Å². The second-order valence-electron chi connectivity index (χ2n) is 5.89. The Labute approximate surface area is 144 Å². The molecule has 0 aromatic carbocycles. The van der Waals surface area contributed by atoms with Gasteiger partial charge in [-0.25, -0.2) is 14.4 Å². The van der Waals surface area contributed by atoms with Crippen LogP contribution < -0.4 is 10.2 Å². The lowest BCUT2D eigenvalue weighted by Gasteiger charge is -2.39. The smallest absolute Gasteiger partial charge is 0.222 e. The Bertz CT molecular complexity index is 818. The first-order chi connectivity index (χ1) is 12.3. The van der Waals surface area contributed by atoms with Crippen molar-refractivity contribution in [2.24, 2.45) is 5.92 Å². The zero-order valence-corrected chi connectivity index (χ0v) is 13.4. The van der Waals surface area contributed by atoms with E-state index in [4.69, 9.17) is 0 Å². The topological polar surface area (TPSA) is 79.7 Å². The van der Waals surface area contributed by atoms with E-state index >= 15 is 0 Å². The lowest BCUT2D eigenvalue weighted by Crippen LogP contribution is -2.50. The van der Waals surface area contributed by atoms with Crippen LogP contribution in [-0.4, -0.2) is 44.8 Å². The molecule has 3 aromatic heterocycles. The zero-order valence-electron chi connectivity index (χ0n) is 13.4. The zero-order chi connectivity index (χ0) is 17.1. The maximum Gasteiger partial charge on any atom is 0.222 e. The summed E-state index contributed by atoms with van der Waals surface area (Å²) in [5.41, 5.74) is 1.83. The summed E-state index contributed by atoms with van der Waals surface area (Å²) in [4.78, 5) is 13.9. The summed E-state index contributed by atoms with van der Waals surface area (Å²) < 4.78 is 12.8. The highest BCUT2D eigenvalue weighted by Gasteiger charge is 2.27. The third kappa shape index (κ3) is 3.52. The molecule has 0 spiro atoms. The lowest BCUT2D eigenvalue weighted by atomic mass is 10.0. The van der Waals surface area contributed by atoms with Crippen LogP contribution in [0.4, 0.5) is 16.2 Å². The fourth-order valence-corrected chi connectivity index (χ4v) is 2.70. The molecule has 1 aliphatic rings. The number of nitrogens with one attached hydrogen (secondary N) is 1. The van der Waals surface area contributed by atoms with Gasteiger partial charge in [0.15, 0.2) is 11.6 Å². The van der Waals surface area contributed by atoms with Crippen molar-refractivity contribution >= 4 is 11.8 Å². The van der Waals surface area contributed by atoms with Gasteiger partial charge >= 0.3 is 0 Å². The Hall–Kier alpha value is -3.16. The van der Waals surface area contributed by atoms with E-state index in [1.54, 1.807) is 12.4 Å². The van der Waals surface area contributed by atoms with Gasteiger partial charge in [0, 0.05) is 43.5 Å². The minimum absolute atomic E-state index is 0.436. The average Bonchev–Trinajstić information content (AvgIpc) is 2.63. The first kappa shape index (κ1) is 15.4. The van der Waals surface area contributed by atoms with Gasteiger partial charge in [0.1, 0.15) is 0 Å². The fraction of sp³-hybridized carbons (Fsp3) is 0.235. The molecule has 4 heterocycles. The summed E-state index contributed by atoms with van der Waals surface area (Å²) >= 11 is 0. The summed E-state index contributed by atoms with van der Waals surface area (Å²) in [7, 11) is 0. The van der Waals surface area contributed by atoms with Crippen LogP contribution in [0.2, 0.25) is 0 Å². The van der Waals surface area contributed by atoms with Crippen molar-refractivity contribution in [3.63, 3.8) is 0 Å². The maximum absolute atomic E-state index is 12.8. The molecule has 0 amide bonds. The molecule has 4 rings (SSSR count). The summed E-state index contributed by atoms with van der Waals surface area (Å²) in [6, 6.07) is 7.77. The van der Waals surface area contributed by atoms with Crippen molar-refractivity contribution in [2.45, 2.75) is 0 Å². The van der Waals surface area contributed by atoms with E-state index < -0.39 is 5.82 Å². The third-order valence-corrected chi connectivity index (χ3v) is 4.08. The van der Waals surface area contributed by atoms with Gasteiger partial charge in [-0.05, 0) is 24.3 Å². The van der Waals surface area contributed by atoms with Gasteiger partial charge in [0.05, 0.1) is 18.1 Å². The van der Waals surface area contributed by atoms with E-state index in [1.807, 2.05) is 24.3 Å². The molecule has 3 aromatic rings. The van der Waals surface area contributed by atoms with E-state index in [0.29, 0.717) is 11.9 Å². The average molecular weight is 337 g/mol.